The molecule has 3 atom stereocenters. The SMILES string of the molecule is CC(C)(COC(=O)C1CC2C=CC1C2)C(F)(F)F. The molecule has 18 heavy (non-hydrogen) atoms. The molecule has 0 aromatic heterocycles. The Balaban J connectivity index is 1.88. The van der Waals surface area contributed by atoms with Gasteiger partial charge in [-0.05, 0) is 38.5 Å². The number of hydrogen-bond donors (Lipinski definition) is 0. The van der Waals surface area contributed by atoms with Crippen LogP contribution in [0.15, 0.2) is 12.2 Å². The molecule has 3 unspecified atom stereocenters. The quantitative estimate of drug-likeness (QED) is 0.576. The summed E-state index contributed by atoms with van der Waals surface area (Å²) < 4.78 is 42.7. The average molecular weight is 262 g/mol. The summed E-state index contributed by atoms with van der Waals surface area (Å²) in [7, 11) is 0. The van der Waals surface area contributed by atoms with E-state index in [1.807, 2.05) is 6.08 Å². The van der Waals surface area contributed by atoms with Crippen LogP contribution < -0.4 is 0 Å². The Morgan fingerprint density at radius 3 is 2.39 bits per heavy atom. The van der Waals surface area contributed by atoms with Gasteiger partial charge in [0.1, 0.15) is 6.61 Å². The Kier molecular flexibility index (Phi) is 3.19. The number of alkyl halides is 3. The number of carbonyl (C=O) groups is 1. The van der Waals surface area contributed by atoms with Crippen LogP contribution in [0, 0.1) is 23.2 Å². The topological polar surface area (TPSA) is 26.3 Å². The van der Waals surface area contributed by atoms with E-state index in [9.17, 15) is 18.0 Å². The van der Waals surface area contributed by atoms with Crippen molar-refractivity contribution in [2.24, 2.45) is 23.2 Å². The van der Waals surface area contributed by atoms with Crippen LogP contribution in [0.4, 0.5) is 13.2 Å². The molecule has 5 heteroatoms. The highest BCUT2D eigenvalue weighted by Crippen LogP contribution is 2.44. The molecule has 2 rings (SSSR count). The van der Waals surface area contributed by atoms with E-state index in [1.165, 1.54) is 0 Å². The molecule has 2 bridgehead atoms. The summed E-state index contributed by atoms with van der Waals surface area (Å²) >= 11 is 0. The lowest BCUT2D eigenvalue weighted by molar-refractivity contribution is -0.227. The number of esters is 1. The first-order chi connectivity index (χ1) is 8.21. The lowest BCUT2D eigenvalue weighted by Gasteiger charge is -2.28. The third-order valence-electron chi connectivity index (χ3n) is 3.92. The first-order valence-corrected chi connectivity index (χ1v) is 6.12. The molecule has 0 aromatic carbocycles. The van der Waals surface area contributed by atoms with Gasteiger partial charge in [0, 0.05) is 0 Å². The second-order valence-corrected chi connectivity index (χ2v) is 5.88. The summed E-state index contributed by atoms with van der Waals surface area (Å²) in [5.41, 5.74) is -1.99. The molecule has 0 aromatic rings. The number of ether oxygens (including phenoxy) is 1. The second-order valence-electron chi connectivity index (χ2n) is 5.88. The summed E-state index contributed by atoms with van der Waals surface area (Å²) in [6.45, 7) is 1.48. The average Bonchev–Trinajstić information content (AvgIpc) is 2.85. The van der Waals surface area contributed by atoms with E-state index in [-0.39, 0.29) is 11.8 Å². The first-order valence-electron chi connectivity index (χ1n) is 6.12. The van der Waals surface area contributed by atoms with Gasteiger partial charge in [-0.25, -0.2) is 0 Å². The van der Waals surface area contributed by atoms with Gasteiger partial charge in [0.05, 0.1) is 11.3 Å². The molecule has 102 valence electrons. The van der Waals surface area contributed by atoms with E-state index in [0.717, 1.165) is 20.3 Å². The van der Waals surface area contributed by atoms with Crippen LogP contribution in [0.25, 0.3) is 0 Å². The molecule has 2 nitrogen and oxygen atoms in total. The second kappa shape index (κ2) is 4.28. The number of carbonyl (C=O) groups excluding carboxylic acids is 1. The van der Waals surface area contributed by atoms with Crippen molar-refractivity contribution in [2.45, 2.75) is 32.9 Å². The van der Waals surface area contributed by atoms with Gasteiger partial charge in [0.25, 0.3) is 0 Å². The maximum absolute atomic E-state index is 12.6. The lowest BCUT2D eigenvalue weighted by Crippen LogP contribution is -2.38. The predicted octanol–water partition coefficient (Wildman–Crippen LogP) is 3.33. The molecule has 0 heterocycles. The largest absolute Gasteiger partial charge is 0.465 e. The van der Waals surface area contributed by atoms with Crippen LogP contribution >= 0.6 is 0 Å². The van der Waals surface area contributed by atoms with E-state index < -0.39 is 24.2 Å². The molecular formula is C13H17F3O2. The molecular weight excluding hydrogens is 245 g/mol. The zero-order valence-electron chi connectivity index (χ0n) is 10.5. The van der Waals surface area contributed by atoms with Gasteiger partial charge in [-0.2, -0.15) is 13.2 Å². The Morgan fingerprint density at radius 1 is 1.28 bits per heavy atom. The Morgan fingerprint density at radius 2 is 1.94 bits per heavy atom. The van der Waals surface area contributed by atoms with Gasteiger partial charge in [-0.3, -0.25) is 4.79 Å². The van der Waals surface area contributed by atoms with Crippen LogP contribution in [-0.4, -0.2) is 18.8 Å². The normalized spacial score (nSPS) is 30.8. The fraction of sp³-hybridized carbons (Fsp3) is 0.769. The highest BCUT2D eigenvalue weighted by molar-refractivity contribution is 5.74. The van der Waals surface area contributed by atoms with Crippen LogP contribution in [0.1, 0.15) is 26.7 Å². The highest BCUT2D eigenvalue weighted by Gasteiger charge is 2.49. The minimum atomic E-state index is -4.36. The van der Waals surface area contributed by atoms with Crippen LogP contribution in [0.2, 0.25) is 0 Å². The minimum Gasteiger partial charge on any atom is -0.465 e. The van der Waals surface area contributed by atoms with Crippen molar-refractivity contribution >= 4 is 5.97 Å². The van der Waals surface area contributed by atoms with Gasteiger partial charge in [0.15, 0.2) is 0 Å². The summed E-state index contributed by atoms with van der Waals surface area (Å²) in [5.74, 6) is -0.159. The molecule has 1 saturated carbocycles. The first kappa shape index (κ1) is 13.4. The molecule has 0 aliphatic heterocycles. The molecule has 0 amide bonds. The van der Waals surface area contributed by atoms with Crippen molar-refractivity contribution in [1.29, 1.82) is 0 Å². The zero-order chi connectivity index (χ0) is 13.6. The number of hydrogen-bond acceptors (Lipinski definition) is 2. The highest BCUT2D eigenvalue weighted by atomic mass is 19.4. The Labute approximate surface area is 104 Å². The molecule has 1 fully saturated rings. The van der Waals surface area contributed by atoms with Crippen molar-refractivity contribution in [1.82, 2.24) is 0 Å². The Bertz CT molecular complexity index is 371. The third kappa shape index (κ3) is 2.40. The number of allylic oxidation sites excluding steroid dienone is 2. The zero-order valence-corrected chi connectivity index (χ0v) is 10.5. The summed E-state index contributed by atoms with van der Waals surface area (Å²) in [4.78, 5) is 11.8. The van der Waals surface area contributed by atoms with E-state index in [4.69, 9.17) is 4.74 Å². The van der Waals surface area contributed by atoms with Crippen molar-refractivity contribution in [3.05, 3.63) is 12.2 Å². The fourth-order valence-corrected chi connectivity index (χ4v) is 2.49. The van der Waals surface area contributed by atoms with E-state index in [2.05, 4.69) is 6.08 Å². The van der Waals surface area contributed by atoms with E-state index in [1.54, 1.807) is 0 Å². The summed E-state index contributed by atoms with van der Waals surface area (Å²) in [5, 5.41) is 0. The van der Waals surface area contributed by atoms with Gasteiger partial charge in [-0.15, -0.1) is 0 Å². The molecule has 0 saturated heterocycles. The number of fused-ring (bicyclic) bond motifs is 2. The van der Waals surface area contributed by atoms with Crippen molar-refractivity contribution in [3.8, 4) is 0 Å². The Hall–Kier alpha value is -1.00. The van der Waals surface area contributed by atoms with Crippen molar-refractivity contribution < 1.29 is 22.7 Å². The predicted molar refractivity (Wildman–Crippen MR) is 59.6 cm³/mol. The molecule has 2 aliphatic carbocycles. The standard InChI is InChI=1S/C13H17F3O2/c1-12(2,13(14,15)16)7-18-11(17)10-6-8-3-4-9(10)5-8/h3-4,8-10H,5-7H2,1-2H3. The number of halogens is 3. The smallest absolute Gasteiger partial charge is 0.397 e. The maximum Gasteiger partial charge on any atom is 0.397 e. The molecule has 2 aliphatic rings. The number of rotatable bonds is 3. The van der Waals surface area contributed by atoms with Gasteiger partial charge in [-0.1, -0.05) is 12.2 Å². The van der Waals surface area contributed by atoms with Crippen molar-refractivity contribution in [3.63, 3.8) is 0 Å². The summed E-state index contributed by atoms with van der Waals surface area (Å²) in [6, 6.07) is 0. The van der Waals surface area contributed by atoms with Gasteiger partial charge < -0.3 is 4.74 Å². The molecule has 0 radical (unpaired) electrons. The summed E-state index contributed by atoms with van der Waals surface area (Å²) in [6.07, 6.45) is 1.35. The van der Waals surface area contributed by atoms with Crippen LogP contribution in [0.5, 0.6) is 0 Å². The van der Waals surface area contributed by atoms with E-state index >= 15 is 0 Å². The van der Waals surface area contributed by atoms with E-state index in [0.29, 0.717) is 12.3 Å². The minimum absolute atomic E-state index is 0.163. The monoisotopic (exact) mass is 262 g/mol. The van der Waals surface area contributed by atoms with Gasteiger partial charge >= 0.3 is 12.1 Å². The van der Waals surface area contributed by atoms with Gasteiger partial charge in [0.2, 0.25) is 0 Å². The van der Waals surface area contributed by atoms with Crippen LogP contribution in [-0.2, 0) is 9.53 Å². The third-order valence-corrected chi connectivity index (χ3v) is 3.92. The van der Waals surface area contributed by atoms with Crippen LogP contribution in [0.3, 0.4) is 0 Å². The maximum atomic E-state index is 12.6. The molecule has 0 spiro atoms. The fourth-order valence-electron chi connectivity index (χ4n) is 2.49. The lowest BCUT2D eigenvalue weighted by atomic mass is 9.92. The molecule has 0 N–H and O–H groups in total. The van der Waals surface area contributed by atoms with Crippen molar-refractivity contribution in [2.75, 3.05) is 6.61 Å².